The van der Waals surface area contributed by atoms with Gasteiger partial charge in [0, 0.05) is 7.05 Å². The molecule has 82 valence electrons. The van der Waals surface area contributed by atoms with Gasteiger partial charge in [-0.2, -0.15) is 0 Å². The monoisotopic (exact) mass is 204 g/mol. The molecule has 6 nitrogen and oxygen atoms in total. The van der Waals surface area contributed by atoms with E-state index in [-0.39, 0.29) is 0 Å². The molecule has 0 aliphatic carbocycles. The van der Waals surface area contributed by atoms with Gasteiger partial charge in [0.15, 0.2) is 0 Å². The van der Waals surface area contributed by atoms with Crippen LogP contribution in [0.25, 0.3) is 0 Å². The number of likely N-dealkylation sites (N-methyl/N-ethyl adjacent to an activating group) is 1. The zero-order chi connectivity index (χ0) is 11.1. The zero-order valence-electron chi connectivity index (χ0n) is 8.61. The van der Waals surface area contributed by atoms with Gasteiger partial charge >= 0.3 is 6.09 Å². The molecule has 0 fully saturated rings. The van der Waals surface area contributed by atoms with Crippen molar-refractivity contribution < 1.29 is 19.5 Å². The first-order chi connectivity index (χ1) is 6.52. The summed E-state index contributed by atoms with van der Waals surface area (Å²) in [6, 6.07) is -0.734. The van der Waals surface area contributed by atoms with Crippen LogP contribution in [0.2, 0.25) is 0 Å². The molecule has 1 atom stereocenters. The molecule has 2 N–H and O–H groups in total. The van der Waals surface area contributed by atoms with Crippen molar-refractivity contribution in [2.24, 2.45) is 0 Å². The normalized spacial score (nSPS) is 11.9. The average Bonchev–Trinajstić information content (AvgIpc) is 2.14. The molecule has 0 radical (unpaired) electrons. The number of carboxylic acid groups (broad SMARTS) is 1. The van der Waals surface area contributed by atoms with Gasteiger partial charge in [0.05, 0.1) is 7.11 Å². The second-order valence-corrected chi connectivity index (χ2v) is 2.81. The summed E-state index contributed by atoms with van der Waals surface area (Å²) in [5.41, 5.74) is 0. The first-order valence-corrected chi connectivity index (χ1v) is 4.34. The van der Waals surface area contributed by atoms with E-state index in [1.807, 2.05) is 6.92 Å². The van der Waals surface area contributed by atoms with E-state index < -0.39 is 18.0 Å². The fourth-order valence-electron chi connectivity index (χ4n) is 1.00. The van der Waals surface area contributed by atoms with Crippen molar-refractivity contribution >= 4 is 12.0 Å². The SMILES string of the molecule is CCC[C@H](NC(=O)O)C(=O)N(C)OC. The standard InChI is InChI=1S/C8H16N2O4/c1-4-5-6(9-8(12)13)7(11)10(2)14-3/h6,9H,4-5H2,1-3H3,(H,12,13)/t6-/m0/s1. The number of rotatable bonds is 5. The van der Waals surface area contributed by atoms with E-state index >= 15 is 0 Å². The minimum atomic E-state index is -1.21. The van der Waals surface area contributed by atoms with Gasteiger partial charge in [-0.05, 0) is 6.42 Å². The van der Waals surface area contributed by atoms with Gasteiger partial charge in [0.1, 0.15) is 6.04 Å². The largest absolute Gasteiger partial charge is 0.465 e. The number of hydrogen-bond donors (Lipinski definition) is 2. The van der Waals surface area contributed by atoms with Crippen molar-refractivity contribution in [3.63, 3.8) is 0 Å². The molecule has 0 bridgehead atoms. The van der Waals surface area contributed by atoms with Gasteiger partial charge in [0.2, 0.25) is 0 Å². The molecule has 2 amide bonds. The predicted molar refractivity (Wildman–Crippen MR) is 49.6 cm³/mol. The van der Waals surface area contributed by atoms with Crippen LogP contribution >= 0.6 is 0 Å². The van der Waals surface area contributed by atoms with E-state index in [1.165, 1.54) is 14.2 Å². The first-order valence-electron chi connectivity index (χ1n) is 4.34. The molecule has 0 rings (SSSR count). The summed E-state index contributed by atoms with van der Waals surface area (Å²) in [5.74, 6) is -0.392. The molecule has 0 spiro atoms. The minimum absolute atomic E-state index is 0.392. The van der Waals surface area contributed by atoms with Crippen LogP contribution in [0.3, 0.4) is 0 Å². The lowest BCUT2D eigenvalue weighted by molar-refractivity contribution is -0.171. The van der Waals surface area contributed by atoms with Crippen LogP contribution in [0.4, 0.5) is 4.79 Å². The van der Waals surface area contributed by atoms with Crippen LogP contribution < -0.4 is 5.32 Å². The maximum atomic E-state index is 11.5. The molecule has 0 aliphatic rings. The summed E-state index contributed by atoms with van der Waals surface area (Å²) in [7, 11) is 2.79. The Bertz CT molecular complexity index is 208. The number of amides is 2. The molecule has 6 heteroatoms. The van der Waals surface area contributed by atoms with Crippen LogP contribution in [0.15, 0.2) is 0 Å². The fraction of sp³-hybridized carbons (Fsp3) is 0.750. The first kappa shape index (κ1) is 12.7. The highest BCUT2D eigenvalue weighted by atomic mass is 16.7. The van der Waals surface area contributed by atoms with Gasteiger partial charge in [0.25, 0.3) is 5.91 Å². The number of carbonyl (C=O) groups excluding carboxylic acids is 1. The zero-order valence-corrected chi connectivity index (χ0v) is 8.61. The van der Waals surface area contributed by atoms with Crippen LogP contribution in [-0.4, -0.2) is 42.4 Å². The van der Waals surface area contributed by atoms with Crippen molar-refractivity contribution in [2.45, 2.75) is 25.8 Å². The van der Waals surface area contributed by atoms with E-state index in [0.29, 0.717) is 12.8 Å². The molecule has 0 heterocycles. The average molecular weight is 204 g/mol. The predicted octanol–water partition coefficient (Wildman–Crippen LogP) is 0.442. The number of hydroxylamine groups is 2. The maximum Gasteiger partial charge on any atom is 0.405 e. The van der Waals surface area contributed by atoms with Crippen LogP contribution in [0, 0.1) is 0 Å². The summed E-state index contributed by atoms with van der Waals surface area (Å²) < 4.78 is 0. The lowest BCUT2D eigenvalue weighted by Crippen LogP contribution is -2.46. The van der Waals surface area contributed by atoms with Crippen molar-refractivity contribution in [1.29, 1.82) is 0 Å². The summed E-state index contributed by atoms with van der Waals surface area (Å²) in [6.07, 6.45) is -0.0334. The Labute approximate surface area is 82.8 Å². The number of nitrogens with one attached hydrogen (secondary N) is 1. The van der Waals surface area contributed by atoms with E-state index in [2.05, 4.69) is 10.2 Å². The third-order valence-electron chi connectivity index (χ3n) is 1.76. The molecular formula is C8H16N2O4. The lowest BCUT2D eigenvalue weighted by atomic mass is 10.1. The highest BCUT2D eigenvalue weighted by Gasteiger charge is 2.22. The van der Waals surface area contributed by atoms with Gasteiger partial charge < -0.3 is 10.4 Å². The quantitative estimate of drug-likeness (QED) is 0.637. The molecule has 0 aromatic heterocycles. The number of hydrogen-bond acceptors (Lipinski definition) is 3. The van der Waals surface area contributed by atoms with Crippen molar-refractivity contribution in [2.75, 3.05) is 14.2 Å². The molecule has 14 heavy (non-hydrogen) atoms. The van der Waals surface area contributed by atoms with Crippen molar-refractivity contribution in [3.8, 4) is 0 Å². The second kappa shape index (κ2) is 6.20. The van der Waals surface area contributed by atoms with Crippen molar-refractivity contribution in [3.05, 3.63) is 0 Å². The van der Waals surface area contributed by atoms with Crippen LogP contribution in [-0.2, 0) is 9.63 Å². The molecule has 0 unspecified atom stereocenters. The number of carbonyl (C=O) groups is 2. The summed E-state index contributed by atoms with van der Waals surface area (Å²) >= 11 is 0. The Balaban J connectivity index is 4.31. The molecule has 0 aromatic rings. The third-order valence-corrected chi connectivity index (χ3v) is 1.76. The fourth-order valence-corrected chi connectivity index (χ4v) is 1.00. The van der Waals surface area contributed by atoms with E-state index in [9.17, 15) is 9.59 Å². The minimum Gasteiger partial charge on any atom is -0.465 e. The van der Waals surface area contributed by atoms with Gasteiger partial charge in [-0.3, -0.25) is 9.63 Å². The van der Waals surface area contributed by atoms with Crippen LogP contribution in [0.1, 0.15) is 19.8 Å². The molecule has 0 saturated carbocycles. The third kappa shape index (κ3) is 4.08. The Morgan fingerprint density at radius 1 is 1.57 bits per heavy atom. The number of nitrogens with zero attached hydrogens (tertiary/aromatic N) is 1. The van der Waals surface area contributed by atoms with Crippen LogP contribution in [0.5, 0.6) is 0 Å². The van der Waals surface area contributed by atoms with E-state index in [1.54, 1.807) is 0 Å². The Kier molecular flexibility index (Phi) is 5.62. The Morgan fingerprint density at radius 2 is 2.14 bits per heavy atom. The summed E-state index contributed by atoms with van der Waals surface area (Å²) in [4.78, 5) is 26.5. The van der Waals surface area contributed by atoms with Gasteiger partial charge in [-0.1, -0.05) is 13.3 Å². The molecule has 0 saturated heterocycles. The van der Waals surface area contributed by atoms with Gasteiger partial charge in [-0.15, -0.1) is 0 Å². The Morgan fingerprint density at radius 3 is 2.50 bits per heavy atom. The maximum absolute atomic E-state index is 11.5. The summed E-state index contributed by atoms with van der Waals surface area (Å²) in [5, 5.41) is 11.6. The molecular weight excluding hydrogens is 188 g/mol. The van der Waals surface area contributed by atoms with Crippen molar-refractivity contribution in [1.82, 2.24) is 10.4 Å². The highest BCUT2D eigenvalue weighted by molar-refractivity contribution is 5.84. The smallest absolute Gasteiger partial charge is 0.405 e. The van der Waals surface area contributed by atoms with E-state index in [4.69, 9.17) is 5.11 Å². The van der Waals surface area contributed by atoms with E-state index in [0.717, 1.165) is 5.06 Å². The molecule has 0 aliphatic heterocycles. The highest BCUT2D eigenvalue weighted by Crippen LogP contribution is 2.01. The Hall–Kier alpha value is -1.30. The van der Waals surface area contributed by atoms with Gasteiger partial charge in [-0.25, -0.2) is 9.86 Å². The lowest BCUT2D eigenvalue weighted by Gasteiger charge is -2.20. The topological polar surface area (TPSA) is 78.9 Å². The molecule has 0 aromatic carbocycles. The summed E-state index contributed by atoms with van der Waals surface area (Å²) in [6.45, 7) is 1.87. The second-order valence-electron chi connectivity index (χ2n) is 2.81.